The summed E-state index contributed by atoms with van der Waals surface area (Å²) in [5.41, 5.74) is 4.11. The number of carbonyl (C=O) groups excluding carboxylic acids is 1. The van der Waals surface area contributed by atoms with Crippen LogP contribution in [0.1, 0.15) is 16.7 Å². The van der Waals surface area contributed by atoms with Crippen LogP contribution in [0.5, 0.6) is 0 Å². The van der Waals surface area contributed by atoms with E-state index in [0.717, 1.165) is 11.4 Å². The van der Waals surface area contributed by atoms with Crippen molar-refractivity contribution in [1.29, 1.82) is 0 Å². The fraction of sp³-hybridized carbons (Fsp3) is 0.278. The first-order chi connectivity index (χ1) is 10.8. The number of halogens is 2. The number of hydrogen-bond donors (Lipinski definition) is 2. The lowest BCUT2D eigenvalue weighted by molar-refractivity contribution is -0.885. The number of nitrogens with one attached hydrogen (secondary N) is 2. The second-order valence-corrected chi connectivity index (χ2v) is 6.32. The Bertz CT molecular complexity index is 718. The maximum atomic E-state index is 13.0. The summed E-state index contributed by atoms with van der Waals surface area (Å²) in [4.78, 5) is 13.2. The van der Waals surface area contributed by atoms with Crippen LogP contribution in [0.25, 0.3) is 0 Å². The minimum atomic E-state index is -0.425. The van der Waals surface area contributed by atoms with E-state index in [4.69, 9.17) is 11.6 Å². The van der Waals surface area contributed by atoms with Gasteiger partial charge in [0.1, 0.15) is 12.4 Å². The van der Waals surface area contributed by atoms with Crippen molar-refractivity contribution < 1.29 is 14.1 Å². The molecule has 3 nitrogen and oxygen atoms in total. The average Bonchev–Trinajstić information content (AvgIpc) is 2.45. The molecule has 0 aliphatic carbocycles. The molecule has 2 aromatic rings. The molecule has 0 heterocycles. The van der Waals surface area contributed by atoms with Crippen LogP contribution in [0.3, 0.4) is 0 Å². The zero-order chi connectivity index (χ0) is 17.0. The number of amides is 1. The first-order valence-electron chi connectivity index (χ1n) is 7.47. The molecule has 2 N–H and O–H groups in total. The van der Waals surface area contributed by atoms with Gasteiger partial charge in [-0.1, -0.05) is 35.4 Å². The first kappa shape index (κ1) is 17.4. The fourth-order valence-corrected chi connectivity index (χ4v) is 2.71. The van der Waals surface area contributed by atoms with Crippen molar-refractivity contribution in [1.82, 2.24) is 0 Å². The van der Waals surface area contributed by atoms with Gasteiger partial charge in [-0.2, -0.15) is 0 Å². The van der Waals surface area contributed by atoms with Gasteiger partial charge in [-0.3, -0.25) is 4.79 Å². The second kappa shape index (κ2) is 7.57. The van der Waals surface area contributed by atoms with E-state index in [1.165, 1.54) is 34.9 Å². The van der Waals surface area contributed by atoms with Gasteiger partial charge in [-0.25, -0.2) is 4.39 Å². The SMILES string of the molecule is Cc1ccc(C[NH+](C)CC(=O)Nc2ccc(F)cc2Cl)c(C)c1. The van der Waals surface area contributed by atoms with E-state index in [-0.39, 0.29) is 10.9 Å². The summed E-state index contributed by atoms with van der Waals surface area (Å²) in [7, 11) is 1.96. The third kappa shape index (κ3) is 5.05. The van der Waals surface area contributed by atoms with Crippen molar-refractivity contribution >= 4 is 23.2 Å². The molecule has 0 radical (unpaired) electrons. The predicted octanol–water partition coefficient (Wildman–Crippen LogP) is 2.75. The minimum absolute atomic E-state index is 0.152. The molecule has 2 aromatic carbocycles. The maximum absolute atomic E-state index is 13.0. The molecule has 0 spiro atoms. The van der Waals surface area contributed by atoms with Crippen LogP contribution in [0.2, 0.25) is 5.02 Å². The molecule has 0 saturated carbocycles. The maximum Gasteiger partial charge on any atom is 0.279 e. The molecule has 0 fully saturated rings. The number of hydrogen-bond acceptors (Lipinski definition) is 1. The molecule has 1 amide bonds. The lowest BCUT2D eigenvalue weighted by Crippen LogP contribution is -3.08. The summed E-state index contributed by atoms with van der Waals surface area (Å²) in [5.74, 6) is -0.577. The van der Waals surface area contributed by atoms with Crippen LogP contribution in [0, 0.1) is 19.7 Å². The van der Waals surface area contributed by atoms with Crippen molar-refractivity contribution in [2.75, 3.05) is 18.9 Å². The molecular formula is C18H21ClFN2O+. The van der Waals surface area contributed by atoms with Crippen molar-refractivity contribution in [3.05, 3.63) is 63.9 Å². The first-order valence-corrected chi connectivity index (χ1v) is 7.85. The number of quaternary nitrogens is 1. The van der Waals surface area contributed by atoms with Gasteiger partial charge < -0.3 is 10.2 Å². The van der Waals surface area contributed by atoms with Gasteiger partial charge in [-0.05, 0) is 37.6 Å². The number of likely N-dealkylation sites (N-methyl/N-ethyl adjacent to an activating group) is 1. The Kier molecular flexibility index (Phi) is 5.74. The molecule has 0 aliphatic rings. The minimum Gasteiger partial charge on any atom is -0.326 e. The zero-order valence-corrected chi connectivity index (χ0v) is 14.3. The molecule has 0 bridgehead atoms. The molecule has 5 heteroatoms. The third-order valence-electron chi connectivity index (χ3n) is 3.66. The monoisotopic (exact) mass is 335 g/mol. The second-order valence-electron chi connectivity index (χ2n) is 5.91. The molecule has 1 unspecified atom stereocenters. The van der Waals surface area contributed by atoms with Crippen molar-refractivity contribution in [3.63, 3.8) is 0 Å². The van der Waals surface area contributed by atoms with Gasteiger partial charge in [0.2, 0.25) is 0 Å². The van der Waals surface area contributed by atoms with Crippen LogP contribution in [0.4, 0.5) is 10.1 Å². The van der Waals surface area contributed by atoms with Gasteiger partial charge in [0.15, 0.2) is 6.54 Å². The number of carbonyl (C=O) groups is 1. The Balaban J connectivity index is 1.94. The van der Waals surface area contributed by atoms with E-state index in [9.17, 15) is 9.18 Å². The molecule has 2 rings (SSSR count). The van der Waals surface area contributed by atoms with Crippen molar-refractivity contribution in [2.45, 2.75) is 20.4 Å². The lowest BCUT2D eigenvalue weighted by atomic mass is 10.1. The van der Waals surface area contributed by atoms with Crippen molar-refractivity contribution in [2.24, 2.45) is 0 Å². The van der Waals surface area contributed by atoms with E-state index >= 15 is 0 Å². The highest BCUT2D eigenvalue weighted by Gasteiger charge is 2.13. The normalized spacial score (nSPS) is 12.0. The molecule has 1 atom stereocenters. The standard InChI is InChI=1S/C18H20ClFN2O/c1-12-4-5-14(13(2)8-12)10-22(3)11-18(23)21-17-7-6-15(20)9-16(17)19/h4-9H,10-11H2,1-3H3,(H,21,23)/p+1. The summed E-state index contributed by atoms with van der Waals surface area (Å²) in [5, 5.41) is 2.92. The summed E-state index contributed by atoms with van der Waals surface area (Å²) >= 11 is 5.91. The topological polar surface area (TPSA) is 33.5 Å². The van der Waals surface area contributed by atoms with Crippen LogP contribution in [-0.2, 0) is 11.3 Å². The summed E-state index contributed by atoms with van der Waals surface area (Å²) < 4.78 is 13.0. The Morgan fingerprint density at radius 2 is 1.96 bits per heavy atom. The molecule has 122 valence electrons. The predicted molar refractivity (Wildman–Crippen MR) is 91.4 cm³/mol. The Labute approximate surface area is 141 Å². The number of aryl methyl sites for hydroxylation is 2. The summed E-state index contributed by atoms with van der Waals surface area (Å²) in [6.45, 7) is 5.21. The van der Waals surface area contributed by atoms with E-state index in [1.54, 1.807) is 0 Å². The molecule has 23 heavy (non-hydrogen) atoms. The molecule has 0 aromatic heterocycles. The summed E-state index contributed by atoms with van der Waals surface area (Å²) in [6.07, 6.45) is 0. The molecular weight excluding hydrogens is 315 g/mol. The van der Waals surface area contributed by atoms with Gasteiger partial charge in [0, 0.05) is 5.56 Å². The zero-order valence-electron chi connectivity index (χ0n) is 13.5. The largest absolute Gasteiger partial charge is 0.326 e. The number of benzene rings is 2. The van der Waals surface area contributed by atoms with Gasteiger partial charge in [-0.15, -0.1) is 0 Å². The van der Waals surface area contributed by atoms with E-state index in [1.807, 2.05) is 7.05 Å². The molecule has 0 saturated heterocycles. The van der Waals surface area contributed by atoms with Gasteiger partial charge >= 0.3 is 0 Å². The van der Waals surface area contributed by atoms with Crippen LogP contribution < -0.4 is 10.2 Å². The highest BCUT2D eigenvalue weighted by Crippen LogP contribution is 2.22. The fourth-order valence-electron chi connectivity index (χ4n) is 2.49. The third-order valence-corrected chi connectivity index (χ3v) is 3.97. The van der Waals surface area contributed by atoms with E-state index in [2.05, 4.69) is 37.4 Å². The Hall–Kier alpha value is -1.91. The van der Waals surface area contributed by atoms with Gasteiger partial charge in [0.25, 0.3) is 5.91 Å². The van der Waals surface area contributed by atoms with Gasteiger partial charge in [0.05, 0.1) is 17.8 Å². The summed E-state index contributed by atoms with van der Waals surface area (Å²) in [6, 6.07) is 10.2. The Morgan fingerprint density at radius 1 is 1.22 bits per heavy atom. The van der Waals surface area contributed by atoms with E-state index < -0.39 is 5.82 Å². The highest BCUT2D eigenvalue weighted by atomic mass is 35.5. The quantitative estimate of drug-likeness (QED) is 0.865. The van der Waals surface area contributed by atoms with Crippen LogP contribution in [-0.4, -0.2) is 19.5 Å². The average molecular weight is 336 g/mol. The Morgan fingerprint density at radius 3 is 2.61 bits per heavy atom. The lowest BCUT2D eigenvalue weighted by Gasteiger charge is -2.16. The highest BCUT2D eigenvalue weighted by molar-refractivity contribution is 6.33. The molecule has 0 aliphatic heterocycles. The van der Waals surface area contributed by atoms with E-state index in [0.29, 0.717) is 12.2 Å². The number of rotatable bonds is 5. The smallest absolute Gasteiger partial charge is 0.279 e. The van der Waals surface area contributed by atoms with Crippen LogP contribution in [0.15, 0.2) is 36.4 Å². The van der Waals surface area contributed by atoms with Crippen molar-refractivity contribution in [3.8, 4) is 0 Å². The van der Waals surface area contributed by atoms with Crippen LogP contribution >= 0.6 is 11.6 Å². The number of anilines is 1.